The Balaban J connectivity index is 1.70. The van der Waals surface area contributed by atoms with Gasteiger partial charge >= 0.3 is 0 Å². The fraction of sp³-hybridized carbons (Fsp3) is 0.429. The molecule has 1 aromatic carbocycles. The Labute approximate surface area is 172 Å². The molecule has 1 aromatic heterocycles. The summed E-state index contributed by atoms with van der Waals surface area (Å²) in [7, 11) is 0. The van der Waals surface area contributed by atoms with Crippen LogP contribution in [0.15, 0.2) is 22.7 Å². The van der Waals surface area contributed by atoms with Gasteiger partial charge in [-0.1, -0.05) is 36.7 Å². The van der Waals surface area contributed by atoms with Gasteiger partial charge in [0.05, 0.1) is 5.56 Å². The zero-order valence-electron chi connectivity index (χ0n) is 15.8. The van der Waals surface area contributed by atoms with Crippen molar-refractivity contribution in [1.29, 1.82) is 5.26 Å². The van der Waals surface area contributed by atoms with Crippen molar-refractivity contribution in [3.63, 3.8) is 0 Å². The third-order valence-electron chi connectivity index (χ3n) is 4.83. The Morgan fingerprint density at radius 1 is 1.48 bits per heavy atom. The van der Waals surface area contributed by atoms with E-state index in [1.165, 1.54) is 16.2 Å². The van der Waals surface area contributed by atoms with E-state index < -0.39 is 0 Å². The second kappa shape index (κ2) is 8.45. The van der Waals surface area contributed by atoms with Crippen LogP contribution in [0.4, 0.5) is 5.00 Å². The lowest BCUT2D eigenvalue weighted by Crippen LogP contribution is -2.20. The second-order valence-corrected chi connectivity index (χ2v) is 9.36. The number of nitrogens with one attached hydrogen (secondary N) is 1. The van der Waals surface area contributed by atoms with E-state index in [-0.39, 0.29) is 18.4 Å². The van der Waals surface area contributed by atoms with Gasteiger partial charge in [0, 0.05) is 9.35 Å². The number of hydrogen-bond donors (Lipinski definition) is 1. The maximum atomic E-state index is 12.4. The number of hydrogen-bond acceptors (Lipinski definition) is 4. The number of rotatable bonds is 5. The van der Waals surface area contributed by atoms with E-state index in [0.29, 0.717) is 22.2 Å². The van der Waals surface area contributed by atoms with E-state index in [0.717, 1.165) is 34.9 Å². The van der Waals surface area contributed by atoms with E-state index in [1.807, 2.05) is 18.2 Å². The standard InChI is InChI=1S/C21H23BrN2O2S/c1-12(2)16-9-14(22)5-7-18(16)26-11-20(25)24-21-17(10-23)15-6-4-13(3)8-19(15)27-21/h5,7,9,12-13H,4,6,8,11H2,1-3H3,(H,24,25). The molecule has 1 amide bonds. The molecule has 3 rings (SSSR count). The predicted molar refractivity (Wildman–Crippen MR) is 113 cm³/mol. The molecular weight excluding hydrogens is 424 g/mol. The molecule has 0 aliphatic heterocycles. The van der Waals surface area contributed by atoms with E-state index in [4.69, 9.17) is 4.74 Å². The van der Waals surface area contributed by atoms with Gasteiger partial charge < -0.3 is 10.1 Å². The average Bonchev–Trinajstić information content (AvgIpc) is 2.96. The molecule has 1 N–H and O–H groups in total. The molecule has 0 radical (unpaired) electrons. The lowest BCUT2D eigenvalue weighted by atomic mass is 9.89. The maximum Gasteiger partial charge on any atom is 0.262 e. The summed E-state index contributed by atoms with van der Waals surface area (Å²) in [5.74, 6) is 1.39. The van der Waals surface area contributed by atoms with Gasteiger partial charge in [-0.2, -0.15) is 5.26 Å². The molecule has 0 fully saturated rings. The van der Waals surface area contributed by atoms with Crippen molar-refractivity contribution in [2.45, 2.75) is 46.0 Å². The van der Waals surface area contributed by atoms with Gasteiger partial charge in [0.25, 0.3) is 5.91 Å². The quantitative estimate of drug-likeness (QED) is 0.645. The molecule has 1 unspecified atom stereocenters. The van der Waals surface area contributed by atoms with Gasteiger partial charge in [-0.05, 0) is 60.4 Å². The SMILES string of the molecule is CC1CCc2c(sc(NC(=O)COc3ccc(Br)cc3C(C)C)c2C#N)C1. The third kappa shape index (κ3) is 4.53. The van der Waals surface area contributed by atoms with E-state index in [2.05, 4.69) is 48.1 Å². The highest BCUT2D eigenvalue weighted by Gasteiger charge is 2.24. The zero-order valence-corrected chi connectivity index (χ0v) is 18.2. The van der Waals surface area contributed by atoms with Crippen LogP contribution in [0.5, 0.6) is 5.75 Å². The van der Waals surface area contributed by atoms with Gasteiger partial charge in [-0.3, -0.25) is 4.79 Å². The number of fused-ring (bicyclic) bond motifs is 1. The molecule has 27 heavy (non-hydrogen) atoms. The Hall–Kier alpha value is -1.84. The Bertz CT molecular complexity index is 898. The molecule has 0 spiro atoms. The van der Waals surface area contributed by atoms with Crippen molar-refractivity contribution in [2.24, 2.45) is 5.92 Å². The number of benzene rings is 1. The Morgan fingerprint density at radius 2 is 2.26 bits per heavy atom. The minimum absolute atomic E-state index is 0.0782. The Kier molecular flexibility index (Phi) is 6.23. The number of thiophene rings is 1. The molecule has 6 heteroatoms. The monoisotopic (exact) mass is 446 g/mol. The first kappa shape index (κ1) is 19.9. The van der Waals surface area contributed by atoms with Crippen LogP contribution in [0.2, 0.25) is 0 Å². The molecule has 142 valence electrons. The van der Waals surface area contributed by atoms with Crippen LogP contribution >= 0.6 is 27.3 Å². The second-order valence-electron chi connectivity index (χ2n) is 7.34. The molecule has 0 bridgehead atoms. The number of ether oxygens (including phenoxy) is 1. The first-order valence-electron chi connectivity index (χ1n) is 9.15. The molecule has 0 saturated heterocycles. The van der Waals surface area contributed by atoms with Gasteiger partial charge in [0.1, 0.15) is 16.8 Å². The van der Waals surface area contributed by atoms with Crippen LogP contribution in [0, 0.1) is 17.2 Å². The summed E-state index contributed by atoms with van der Waals surface area (Å²) in [5.41, 5.74) is 2.80. The minimum Gasteiger partial charge on any atom is -0.483 e. The predicted octanol–water partition coefficient (Wildman–Crippen LogP) is 5.65. The van der Waals surface area contributed by atoms with Crippen LogP contribution < -0.4 is 10.1 Å². The highest BCUT2D eigenvalue weighted by molar-refractivity contribution is 9.10. The first-order chi connectivity index (χ1) is 12.9. The van der Waals surface area contributed by atoms with Crippen LogP contribution in [-0.4, -0.2) is 12.5 Å². The highest BCUT2D eigenvalue weighted by atomic mass is 79.9. The molecule has 2 aromatic rings. The fourth-order valence-electron chi connectivity index (χ4n) is 3.37. The fourth-order valence-corrected chi connectivity index (χ4v) is 5.12. The van der Waals surface area contributed by atoms with Crippen molar-refractivity contribution in [3.05, 3.63) is 44.2 Å². The average molecular weight is 447 g/mol. The topological polar surface area (TPSA) is 62.1 Å². The lowest BCUT2D eigenvalue weighted by molar-refractivity contribution is -0.118. The number of amides is 1. The molecule has 4 nitrogen and oxygen atoms in total. The Morgan fingerprint density at radius 3 is 2.96 bits per heavy atom. The highest BCUT2D eigenvalue weighted by Crippen LogP contribution is 2.39. The van der Waals surface area contributed by atoms with Crippen molar-refractivity contribution in [2.75, 3.05) is 11.9 Å². The molecule has 1 aliphatic carbocycles. The van der Waals surface area contributed by atoms with Crippen LogP contribution in [0.25, 0.3) is 0 Å². The van der Waals surface area contributed by atoms with Gasteiger partial charge in [-0.15, -0.1) is 11.3 Å². The van der Waals surface area contributed by atoms with Crippen molar-refractivity contribution in [3.8, 4) is 11.8 Å². The first-order valence-corrected chi connectivity index (χ1v) is 10.8. The number of nitrogens with zero attached hydrogens (tertiary/aromatic N) is 1. The molecular formula is C21H23BrN2O2S. The summed E-state index contributed by atoms with van der Waals surface area (Å²) in [6.07, 6.45) is 2.99. The molecule has 1 aliphatic rings. The third-order valence-corrected chi connectivity index (χ3v) is 6.49. The molecule has 1 atom stereocenters. The minimum atomic E-state index is -0.240. The molecule has 0 saturated carbocycles. The summed E-state index contributed by atoms with van der Waals surface area (Å²) < 4.78 is 6.76. The number of halogens is 1. The van der Waals surface area contributed by atoms with E-state index >= 15 is 0 Å². The number of carbonyl (C=O) groups is 1. The number of carbonyl (C=O) groups excluding carboxylic acids is 1. The largest absolute Gasteiger partial charge is 0.483 e. The summed E-state index contributed by atoms with van der Waals surface area (Å²) in [6.45, 7) is 6.33. The van der Waals surface area contributed by atoms with Crippen LogP contribution in [0.3, 0.4) is 0 Å². The summed E-state index contributed by atoms with van der Waals surface area (Å²) in [5, 5.41) is 13.1. The van der Waals surface area contributed by atoms with Crippen molar-refractivity contribution < 1.29 is 9.53 Å². The lowest BCUT2D eigenvalue weighted by Gasteiger charge is -2.17. The summed E-state index contributed by atoms with van der Waals surface area (Å²) in [6, 6.07) is 8.07. The van der Waals surface area contributed by atoms with Crippen molar-refractivity contribution >= 4 is 38.2 Å². The zero-order chi connectivity index (χ0) is 19.6. The normalized spacial score (nSPS) is 15.9. The molecule has 1 heterocycles. The number of nitriles is 1. The van der Waals surface area contributed by atoms with Crippen LogP contribution in [0.1, 0.15) is 54.7 Å². The van der Waals surface area contributed by atoms with Crippen LogP contribution in [-0.2, 0) is 17.6 Å². The number of anilines is 1. The maximum absolute atomic E-state index is 12.4. The van der Waals surface area contributed by atoms with E-state index in [9.17, 15) is 10.1 Å². The summed E-state index contributed by atoms with van der Waals surface area (Å²) >= 11 is 5.01. The van der Waals surface area contributed by atoms with Gasteiger partial charge in [0.2, 0.25) is 0 Å². The van der Waals surface area contributed by atoms with Gasteiger partial charge in [0.15, 0.2) is 6.61 Å². The smallest absolute Gasteiger partial charge is 0.262 e. The van der Waals surface area contributed by atoms with Gasteiger partial charge in [-0.25, -0.2) is 0 Å². The summed E-state index contributed by atoms with van der Waals surface area (Å²) in [4.78, 5) is 13.7. The van der Waals surface area contributed by atoms with E-state index in [1.54, 1.807) is 0 Å². The van der Waals surface area contributed by atoms with Crippen molar-refractivity contribution in [1.82, 2.24) is 0 Å².